The van der Waals surface area contributed by atoms with E-state index in [0.29, 0.717) is 12.2 Å². The van der Waals surface area contributed by atoms with Gasteiger partial charge in [0, 0.05) is 42.2 Å². The van der Waals surface area contributed by atoms with Crippen LogP contribution in [0.15, 0.2) is 36.7 Å². The fourth-order valence-electron chi connectivity index (χ4n) is 3.63. The quantitative estimate of drug-likeness (QED) is 0.792. The lowest BCUT2D eigenvalue weighted by Gasteiger charge is -2.31. The first-order valence-corrected chi connectivity index (χ1v) is 10.2. The van der Waals surface area contributed by atoms with Crippen molar-refractivity contribution in [2.45, 2.75) is 50.9 Å². The van der Waals surface area contributed by atoms with Gasteiger partial charge in [-0.1, -0.05) is 0 Å². The van der Waals surface area contributed by atoms with Gasteiger partial charge < -0.3 is 9.47 Å². The number of thiophene rings is 1. The van der Waals surface area contributed by atoms with Crippen LogP contribution in [0.3, 0.4) is 0 Å². The number of nitrogens with zero attached hydrogens (tertiary/aromatic N) is 2. The molecule has 0 saturated carbocycles. The summed E-state index contributed by atoms with van der Waals surface area (Å²) in [6.45, 7) is 4.16. The van der Waals surface area contributed by atoms with E-state index < -0.39 is 0 Å². The zero-order valence-electron chi connectivity index (χ0n) is 14.6. The van der Waals surface area contributed by atoms with Crippen LogP contribution in [-0.2, 0) is 11.3 Å². The lowest BCUT2D eigenvalue weighted by atomic mass is 10.1. The molecule has 0 aliphatic carbocycles. The van der Waals surface area contributed by atoms with Crippen molar-refractivity contribution in [1.29, 1.82) is 0 Å². The molecular formula is C20H26N2O2S. The van der Waals surface area contributed by atoms with Gasteiger partial charge in [0.2, 0.25) is 0 Å². The molecular weight excluding hydrogens is 332 g/mol. The molecule has 1 atom stereocenters. The lowest BCUT2D eigenvalue weighted by molar-refractivity contribution is 0.0172. The minimum Gasteiger partial charge on any atom is -0.489 e. The molecule has 25 heavy (non-hydrogen) atoms. The molecule has 0 amide bonds. The molecule has 4 heterocycles. The maximum atomic E-state index is 6.03. The first-order chi connectivity index (χ1) is 12.4. The normalized spacial score (nSPS) is 22.8. The summed E-state index contributed by atoms with van der Waals surface area (Å²) in [5.41, 5.74) is 0. The summed E-state index contributed by atoms with van der Waals surface area (Å²) in [5, 5.41) is 0. The lowest BCUT2D eigenvalue weighted by Crippen LogP contribution is -2.37. The van der Waals surface area contributed by atoms with Crippen molar-refractivity contribution in [2.24, 2.45) is 0 Å². The summed E-state index contributed by atoms with van der Waals surface area (Å²) in [5.74, 6) is 0.885. The van der Waals surface area contributed by atoms with Crippen LogP contribution in [0.25, 0.3) is 0 Å². The molecule has 134 valence electrons. The fraction of sp³-hybridized carbons (Fsp3) is 0.550. The molecule has 4 rings (SSSR count). The van der Waals surface area contributed by atoms with Gasteiger partial charge in [0.15, 0.2) is 0 Å². The van der Waals surface area contributed by atoms with Crippen LogP contribution >= 0.6 is 11.3 Å². The highest BCUT2D eigenvalue weighted by molar-refractivity contribution is 7.12. The van der Waals surface area contributed by atoms with Crippen molar-refractivity contribution in [3.63, 3.8) is 0 Å². The summed E-state index contributed by atoms with van der Waals surface area (Å²) >= 11 is 1.93. The van der Waals surface area contributed by atoms with Gasteiger partial charge >= 0.3 is 0 Å². The predicted octanol–water partition coefficient (Wildman–Crippen LogP) is 4.43. The first-order valence-electron chi connectivity index (χ1n) is 9.36. The van der Waals surface area contributed by atoms with Crippen molar-refractivity contribution >= 4 is 11.3 Å². The summed E-state index contributed by atoms with van der Waals surface area (Å²) in [4.78, 5) is 9.52. The second-order valence-corrected chi connectivity index (χ2v) is 8.14. The maximum Gasteiger partial charge on any atom is 0.137 e. The van der Waals surface area contributed by atoms with Crippen LogP contribution in [0, 0.1) is 0 Å². The average molecular weight is 359 g/mol. The number of hydrogen-bond acceptors (Lipinski definition) is 5. The van der Waals surface area contributed by atoms with E-state index in [1.807, 2.05) is 23.5 Å². The standard InChI is InChI=1S/C20H26N2O2S/c1-2-13-23-19(5-1)20-7-6-18(25-20)15-22-11-8-16(9-12-22)24-17-4-3-10-21-14-17/h3-4,6-7,10,14,16,19H,1-2,5,8-9,11-13,15H2/t19-/m1/s1. The molecule has 5 heteroatoms. The van der Waals surface area contributed by atoms with Crippen LogP contribution in [0.5, 0.6) is 5.75 Å². The molecule has 2 saturated heterocycles. The Kier molecular flexibility index (Phi) is 5.65. The van der Waals surface area contributed by atoms with E-state index in [9.17, 15) is 0 Å². The van der Waals surface area contributed by atoms with Gasteiger partial charge in [-0.3, -0.25) is 9.88 Å². The zero-order valence-corrected chi connectivity index (χ0v) is 15.4. The highest BCUT2D eigenvalue weighted by atomic mass is 32.1. The Labute approximate surface area is 153 Å². The van der Waals surface area contributed by atoms with Gasteiger partial charge in [-0.25, -0.2) is 0 Å². The van der Waals surface area contributed by atoms with Gasteiger partial charge in [-0.2, -0.15) is 0 Å². The van der Waals surface area contributed by atoms with Crippen LogP contribution in [0.1, 0.15) is 48.0 Å². The molecule has 2 aromatic rings. The molecule has 0 unspecified atom stereocenters. The molecule has 2 aliphatic rings. The number of rotatable bonds is 5. The molecule has 2 aliphatic heterocycles. The molecule has 0 spiro atoms. The molecule has 2 aromatic heterocycles. The summed E-state index contributed by atoms with van der Waals surface area (Å²) in [6, 6.07) is 8.47. The van der Waals surface area contributed by atoms with Crippen LogP contribution in [0.2, 0.25) is 0 Å². The van der Waals surface area contributed by atoms with Gasteiger partial charge in [-0.05, 0) is 56.4 Å². The number of ether oxygens (including phenoxy) is 2. The molecule has 0 radical (unpaired) electrons. The summed E-state index contributed by atoms with van der Waals surface area (Å²) < 4.78 is 11.9. The van der Waals surface area contributed by atoms with Crippen molar-refractivity contribution in [3.05, 3.63) is 46.4 Å². The summed E-state index contributed by atoms with van der Waals surface area (Å²) in [7, 11) is 0. The van der Waals surface area contributed by atoms with Crippen molar-refractivity contribution in [3.8, 4) is 5.75 Å². The molecule has 0 aromatic carbocycles. The third kappa shape index (κ3) is 4.60. The van der Waals surface area contributed by atoms with E-state index in [0.717, 1.165) is 44.8 Å². The van der Waals surface area contributed by atoms with Gasteiger partial charge in [0.25, 0.3) is 0 Å². The molecule has 0 N–H and O–H groups in total. The number of piperidine rings is 1. The van der Waals surface area contributed by atoms with E-state index in [1.165, 1.54) is 29.0 Å². The first kappa shape index (κ1) is 17.0. The van der Waals surface area contributed by atoms with E-state index >= 15 is 0 Å². The Morgan fingerprint density at radius 3 is 2.84 bits per heavy atom. The van der Waals surface area contributed by atoms with Gasteiger partial charge in [-0.15, -0.1) is 11.3 Å². The number of likely N-dealkylation sites (tertiary alicyclic amines) is 1. The second kappa shape index (κ2) is 8.30. The predicted molar refractivity (Wildman–Crippen MR) is 100 cm³/mol. The SMILES string of the molecule is c1cncc(OC2CCN(Cc3ccc([C@H]4CCCCO4)s3)CC2)c1. The highest BCUT2D eigenvalue weighted by Gasteiger charge is 2.22. The maximum absolute atomic E-state index is 6.03. The van der Waals surface area contributed by atoms with E-state index in [1.54, 1.807) is 12.4 Å². The van der Waals surface area contributed by atoms with Crippen molar-refractivity contribution < 1.29 is 9.47 Å². The van der Waals surface area contributed by atoms with Crippen molar-refractivity contribution in [1.82, 2.24) is 9.88 Å². The smallest absolute Gasteiger partial charge is 0.137 e. The number of hydrogen-bond donors (Lipinski definition) is 0. The monoisotopic (exact) mass is 358 g/mol. The Bertz CT molecular complexity index is 647. The Morgan fingerprint density at radius 2 is 2.08 bits per heavy atom. The third-order valence-electron chi connectivity index (χ3n) is 5.03. The highest BCUT2D eigenvalue weighted by Crippen LogP contribution is 2.33. The third-order valence-corrected chi connectivity index (χ3v) is 6.19. The molecule has 2 fully saturated rings. The molecule has 4 nitrogen and oxygen atoms in total. The topological polar surface area (TPSA) is 34.6 Å². The number of aromatic nitrogens is 1. The zero-order chi connectivity index (χ0) is 16.9. The summed E-state index contributed by atoms with van der Waals surface area (Å²) in [6.07, 6.45) is 10.1. The Balaban J connectivity index is 1.25. The Morgan fingerprint density at radius 1 is 1.16 bits per heavy atom. The fourth-order valence-corrected chi connectivity index (χ4v) is 4.77. The molecule has 0 bridgehead atoms. The van der Waals surface area contributed by atoms with Gasteiger partial charge in [0.1, 0.15) is 11.9 Å². The average Bonchev–Trinajstić information content (AvgIpc) is 3.14. The van der Waals surface area contributed by atoms with E-state index in [4.69, 9.17) is 9.47 Å². The minimum atomic E-state index is 0.315. The van der Waals surface area contributed by atoms with Gasteiger partial charge in [0.05, 0.1) is 12.3 Å². The minimum absolute atomic E-state index is 0.315. The largest absolute Gasteiger partial charge is 0.489 e. The van der Waals surface area contributed by atoms with Crippen LogP contribution in [0.4, 0.5) is 0 Å². The van der Waals surface area contributed by atoms with E-state index in [2.05, 4.69) is 22.0 Å². The van der Waals surface area contributed by atoms with Crippen molar-refractivity contribution in [2.75, 3.05) is 19.7 Å². The second-order valence-electron chi connectivity index (χ2n) is 6.94. The van der Waals surface area contributed by atoms with Crippen LogP contribution < -0.4 is 4.74 Å². The Hall–Kier alpha value is -1.43. The number of pyridine rings is 1. The van der Waals surface area contributed by atoms with Crippen LogP contribution in [-0.4, -0.2) is 35.7 Å². The van der Waals surface area contributed by atoms with E-state index in [-0.39, 0.29) is 0 Å².